The van der Waals surface area contributed by atoms with E-state index in [9.17, 15) is 9.59 Å². The summed E-state index contributed by atoms with van der Waals surface area (Å²) in [5.41, 5.74) is 1.95. The second-order valence-electron chi connectivity index (χ2n) is 6.43. The molecule has 0 aliphatic rings. The summed E-state index contributed by atoms with van der Waals surface area (Å²) in [6.07, 6.45) is 0.635. The lowest BCUT2D eigenvalue weighted by atomic mass is 10.0. The summed E-state index contributed by atoms with van der Waals surface area (Å²) in [5, 5.41) is 6.57. The Balaban J connectivity index is 2.05. The van der Waals surface area contributed by atoms with Gasteiger partial charge in [-0.1, -0.05) is 35.3 Å². The minimum atomic E-state index is -0.179. The quantitative estimate of drug-likeness (QED) is 0.740. The van der Waals surface area contributed by atoms with E-state index in [1.165, 1.54) is 0 Å². The Bertz CT molecular complexity index is 825. The zero-order chi connectivity index (χ0) is 20.0. The zero-order valence-corrected chi connectivity index (χ0v) is 17.1. The average molecular weight is 408 g/mol. The molecule has 0 spiro atoms. The van der Waals surface area contributed by atoms with Gasteiger partial charge in [0.2, 0.25) is 0 Å². The van der Waals surface area contributed by atoms with Gasteiger partial charge in [-0.2, -0.15) is 0 Å². The molecule has 2 aromatic carbocycles. The van der Waals surface area contributed by atoms with Gasteiger partial charge in [-0.25, -0.2) is 0 Å². The van der Waals surface area contributed by atoms with Gasteiger partial charge >= 0.3 is 0 Å². The first-order chi connectivity index (χ1) is 12.8. The van der Waals surface area contributed by atoms with E-state index in [1.807, 2.05) is 25.1 Å². The highest BCUT2D eigenvalue weighted by atomic mass is 35.5. The second-order valence-corrected chi connectivity index (χ2v) is 7.27. The van der Waals surface area contributed by atoms with Crippen molar-refractivity contribution in [2.75, 3.05) is 27.7 Å². The number of nitrogens with zero attached hydrogens (tertiary/aromatic N) is 1. The standard InChI is InChI=1S/C20H23Cl2N3O2/c1-23-19(26)15-8-7-13(18(22)11-15)10-17(25(2)3)12-24-20(27)14-5-4-6-16(21)9-14/h4-9,11,17H,10,12H2,1-3H3,(H,23,26)(H,24,27)/t17-/m0/s1. The first kappa shape index (κ1) is 21.2. The number of amides is 2. The van der Waals surface area contributed by atoms with E-state index in [2.05, 4.69) is 10.6 Å². The molecule has 0 saturated heterocycles. The molecule has 144 valence electrons. The third-order valence-corrected chi connectivity index (χ3v) is 4.90. The Morgan fingerprint density at radius 2 is 1.74 bits per heavy atom. The molecule has 0 aliphatic carbocycles. The average Bonchev–Trinajstić information content (AvgIpc) is 2.64. The summed E-state index contributed by atoms with van der Waals surface area (Å²) in [7, 11) is 5.47. The van der Waals surface area contributed by atoms with Crippen molar-refractivity contribution in [2.45, 2.75) is 12.5 Å². The van der Waals surface area contributed by atoms with E-state index < -0.39 is 0 Å². The Labute approximate surface area is 169 Å². The molecule has 27 heavy (non-hydrogen) atoms. The molecule has 2 aromatic rings. The topological polar surface area (TPSA) is 61.4 Å². The van der Waals surface area contributed by atoms with Gasteiger partial charge in [-0.15, -0.1) is 0 Å². The minimum Gasteiger partial charge on any atom is -0.355 e. The highest BCUT2D eigenvalue weighted by Gasteiger charge is 2.17. The Morgan fingerprint density at radius 1 is 1.04 bits per heavy atom. The van der Waals surface area contributed by atoms with Crippen LogP contribution in [0.2, 0.25) is 10.0 Å². The van der Waals surface area contributed by atoms with E-state index in [4.69, 9.17) is 23.2 Å². The van der Waals surface area contributed by atoms with Crippen LogP contribution < -0.4 is 10.6 Å². The molecular formula is C20H23Cl2N3O2. The normalized spacial score (nSPS) is 11.9. The molecule has 0 radical (unpaired) electrons. The second kappa shape index (κ2) is 9.74. The summed E-state index contributed by atoms with van der Waals surface area (Å²) in [5.74, 6) is -0.355. The van der Waals surface area contributed by atoms with E-state index in [0.29, 0.717) is 34.1 Å². The van der Waals surface area contributed by atoms with Crippen molar-refractivity contribution in [2.24, 2.45) is 0 Å². The predicted molar refractivity (Wildman–Crippen MR) is 110 cm³/mol. The maximum atomic E-state index is 12.3. The summed E-state index contributed by atoms with van der Waals surface area (Å²) < 4.78 is 0. The monoisotopic (exact) mass is 407 g/mol. The molecule has 0 bridgehead atoms. The lowest BCUT2D eigenvalue weighted by Crippen LogP contribution is -2.41. The molecule has 2 amide bonds. The van der Waals surface area contributed by atoms with Crippen LogP contribution in [0.25, 0.3) is 0 Å². The fourth-order valence-electron chi connectivity index (χ4n) is 2.63. The van der Waals surface area contributed by atoms with E-state index >= 15 is 0 Å². The smallest absolute Gasteiger partial charge is 0.251 e. The van der Waals surface area contributed by atoms with E-state index in [1.54, 1.807) is 43.4 Å². The summed E-state index contributed by atoms with van der Waals surface area (Å²) >= 11 is 12.3. The number of likely N-dealkylation sites (N-methyl/N-ethyl adjacent to an activating group) is 1. The molecule has 7 heteroatoms. The van der Waals surface area contributed by atoms with E-state index in [0.717, 1.165) is 5.56 Å². The van der Waals surface area contributed by atoms with Gasteiger partial charge in [-0.3, -0.25) is 9.59 Å². The van der Waals surface area contributed by atoms with Gasteiger partial charge in [-0.05, 0) is 56.4 Å². The molecule has 0 aliphatic heterocycles. The highest BCUT2D eigenvalue weighted by Crippen LogP contribution is 2.20. The molecule has 5 nitrogen and oxygen atoms in total. The third-order valence-electron chi connectivity index (χ3n) is 4.31. The van der Waals surface area contributed by atoms with Crippen molar-refractivity contribution < 1.29 is 9.59 Å². The van der Waals surface area contributed by atoms with Gasteiger partial charge in [0.1, 0.15) is 0 Å². The van der Waals surface area contributed by atoms with Crippen molar-refractivity contribution in [1.82, 2.24) is 15.5 Å². The first-order valence-electron chi connectivity index (χ1n) is 8.52. The van der Waals surface area contributed by atoms with Crippen molar-refractivity contribution in [1.29, 1.82) is 0 Å². The van der Waals surface area contributed by atoms with Gasteiger partial charge in [0.15, 0.2) is 0 Å². The Kier molecular flexibility index (Phi) is 7.66. The van der Waals surface area contributed by atoms with Gasteiger partial charge < -0.3 is 15.5 Å². The number of hydrogen-bond donors (Lipinski definition) is 2. The number of halogens is 2. The van der Waals surface area contributed by atoms with Crippen molar-refractivity contribution in [3.8, 4) is 0 Å². The third kappa shape index (κ3) is 5.96. The Morgan fingerprint density at radius 3 is 2.33 bits per heavy atom. The predicted octanol–water partition coefficient (Wildman–Crippen LogP) is 3.26. The molecule has 0 aromatic heterocycles. The Hall–Kier alpha value is -2.08. The summed E-state index contributed by atoms with van der Waals surface area (Å²) in [6.45, 7) is 0.450. The molecule has 1 atom stereocenters. The SMILES string of the molecule is CNC(=O)c1ccc(C[C@@H](CNC(=O)c2cccc(Cl)c2)N(C)C)c(Cl)c1. The number of hydrogen-bond acceptors (Lipinski definition) is 3. The van der Waals surface area contributed by atoms with Crippen LogP contribution in [0.3, 0.4) is 0 Å². The largest absolute Gasteiger partial charge is 0.355 e. The summed E-state index contributed by atoms with van der Waals surface area (Å²) in [4.78, 5) is 26.1. The molecule has 0 unspecified atom stereocenters. The molecule has 0 heterocycles. The maximum absolute atomic E-state index is 12.3. The van der Waals surface area contributed by atoms with Crippen LogP contribution in [0.5, 0.6) is 0 Å². The van der Waals surface area contributed by atoms with Crippen LogP contribution in [0.1, 0.15) is 26.3 Å². The molecule has 2 rings (SSSR count). The first-order valence-corrected chi connectivity index (χ1v) is 9.28. The number of nitrogens with one attached hydrogen (secondary N) is 2. The lowest BCUT2D eigenvalue weighted by molar-refractivity contribution is 0.0938. The van der Waals surface area contributed by atoms with Gasteiger partial charge in [0.25, 0.3) is 11.8 Å². The molecule has 0 saturated carbocycles. The zero-order valence-electron chi connectivity index (χ0n) is 15.6. The number of carbonyl (C=O) groups is 2. The van der Waals surface area contributed by atoms with E-state index in [-0.39, 0.29) is 17.9 Å². The highest BCUT2D eigenvalue weighted by molar-refractivity contribution is 6.31. The molecule has 2 N–H and O–H groups in total. The van der Waals surface area contributed by atoms with Crippen LogP contribution in [0, 0.1) is 0 Å². The van der Waals surface area contributed by atoms with Crippen molar-refractivity contribution >= 4 is 35.0 Å². The van der Waals surface area contributed by atoms with Gasteiger partial charge in [0, 0.05) is 40.8 Å². The van der Waals surface area contributed by atoms with Crippen LogP contribution >= 0.6 is 23.2 Å². The van der Waals surface area contributed by atoms with Gasteiger partial charge in [0.05, 0.1) is 0 Å². The molecular weight excluding hydrogens is 385 g/mol. The van der Waals surface area contributed by atoms with Crippen LogP contribution in [0.4, 0.5) is 0 Å². The molecule has 0 fully saturated rings. The maximum Gasteiger partial charge on any atom is 0.251 e. The summed E-state index contributed by atoms with van der Waals surface area (Å²) in [6, 6.07) is 12.1. The van der Waals surface area contributed by atoms with Crippen LogP contribution in [-0.2, 0) is 6.42 Å². The fraction of sp³-hybridized carbons (Fsp3) is 0.300. The number of benzene rings is 2. The number of rotatable bonds is 7. The van der Waals surface area contributed by atoms with Crippen LogP contribution in [0.15, 0.2) is 42.5 Å². The minimum absolute atomic E-state index is 0.0384. The lowest BCUT2D eigenvalue weighted by Gasteiger charge is -2.25. The number of carbonyl (C=O) groups excluding carboxylic acids is 2. The fourth-order valence-corrected chi connectivity index (χ4v) is 3.08. The van der Waals surface area contributed by atoms with Crippen LogP contribution in [-0.4, -0.2) is 50.4 Å². The van der Waals surface area contributed by atoms with Crippen molar-refractivity contribution in [3.63, 3.8) is 0 Å². The van der Waals surface area contributed by atoms with Crippen molar-refractivity contribution in [3.05, 3.63) is 69.2 Å².